The number of rotatable bonds is 3. The Bertz CT molecular complexity index is 123. The molecule has 0 aliphatic heterocycles. The molecule has 0 bridgehead atoms. The second kappa shape index (κ2) is 5.22. The van der Waals surface area contributed by atoms with Crippen LogP contribution in [0.25, 0.3) is 0 Å². The van der Waals surface area contributed by atoms with Crippen LogP contribution in [0, 0.1) is 5.92 Å². The summed E-state index contributed by atoms with van der Waals surface area (Å²) in [6.45, 7) is 7.53. The smallest absolute Gasteiger partial charge is 0.114 e. The van der Waals surface area contributed by atoms with E-state index in [-0.39, 0.29) is 0 Å². The highest BCUT2D eigenvalue weighted by molar-refractivity contribution is 5.73. The monoisotopic (exact) mass is 124 g/mol. The highest BCUT2D eigenvalue weighted by Gasteiger charge is 1.79. The van der Waals surface area contributed by atoms with Crippen molar-refractivity contribution in [2.45, 2.75) is 13.8 Å². The Morgan fingerprint density at radius 3 is 2.44 bits per heavy atom. The Morgan fingerprint density at radius 1 is 1.33 bits per heavy atom. The number of aliphatic imine (C=N–C) groups is 2. The molecule has 0 heterocycles. The first-order valence-corrected chi connectivity index (χ1v) is 2.93. The van der Waals surface area contributed by atoms with Crippen LogP contribution in [0.4, 0.5) is 0 Å². The van der Waals surface area contributed by atoms with Gasteiger partial charge in [0.2, 0.25) is 0 Å². The summed E-state index contributed by atoms with van der Waals surface area (Å²) in [5.41, 5.74) is 0. The van der Waals surface area contributed by atoms with Crippen molar-refractivity contribution in [2.75, 3.05) is 0 Å². The average Bonchev–Trinajstić information content (AvgIpc) is 1.80. The van der Waals surface area contributed by atoms with Gasteiger partial charge in [-0.25, -0.2) is 9.98 Å². The van der Waals surface area contributed by atoms with Crippen molar-refractivity contribution in [1.82, 2.24) is 0 Å². The van der Waals surface area contributed by atoms with E-state index < -0.39 is 0 Å². The van der Waals surface area contributed by atoms with Crippen molar-refractivity contribution in [3.05, 3.63) is 12.8 Å². The van der Waals surface area contributed by atoms with Gasteiger partial charge in [-0.15, -0.1) is 0 Å². The van der Waals surface area contributed by atoms with Crippen LogP contribution in [0.1, 0.15) is 13.8 Å². The van der Waals surface area contributed by atoms with Gasteiger partial charge in [0, 0.05) is 12.4 Å². The first kappa shape index (κ1) is 8.08. The van der Waals surface area contributed by atoms with Crippen molar-refractivity contribution in [3.63, 3.8) is 0 Å². The molecule has 0 fully saturated rings. The zero-order valence-corrected chi connectivity index (χ0v) is 5.91. The van der Waals surface area contributed by atoms with Gasteiger partial charge in [0.1, 0.15) is 6.34 Å². The molecule has 0 atom stereocenters. The Morgan fingerprint density at radius 2 is 2.00 bits per heavy atom. The third-order valence-electron chi connectivity index (χ3n) is 0.623. The molecule has 0 aromatic carbocycles. The van der Waals surface area contributed by atoms with Gasteiger partial charge in [-0.3, -0.25) is 0 Å². The summed E-state index contributed by atoms with van der Waals surface area (Å²) in [7, 11) is 0. The standard InChI is InChI=1S/C7H12N2/c1-4-8-6-9-5-7(2)3/h4-7H,1H2,2-3H3. The van der Waals surface area contributed by atoms with Crippen molar-refractivity contribution < 1.29 is 0 Å². The molecule has 0 aromatic rings. The lowest BCUT2D eigenvalue weighted by Crippen LogP contribution is -1.85. The van der Waals surface area contributed by atoms with Gasteiger partial charge >= 0.3 is 0 Å². The van der Waals surface area contributed by atoms with Crippen molar-refractivity contribution in [1.29, 1.82) is 0 Å². The molecular weight excluding hydrogens is 112 g/mol. The van der Waals surface area contributed by atoms with E-state index in [1.165, 1.54) is 12.5 Å². The SMILES string of the molecule is C=CN=CN=CC(C)C. The van der Waals surface area contributed by atoms with Crippen LogP contribution in [0.2, 0.25) is 0 Å². The summed E-state index contributed by atoms with van der Waals surface area (Å²) in [6.07, 6.45) is 4.76. The van der Waals surface area contributed by atoms with Gasteiger partial charge in [-0.1, -0.05) is 20.4 Å². The first-order chi connectivity index (χ1) is 4.27. The molecule has 0 aliphatic carbocycles. The van der Waals surface area contributed by atoms with Gasteiger partial charge in [0.15, 0.2) is 0 Å². The van der Waals surface area contributed by atoms with E-state index in [0.29, 0.717) is 5.92 Å². The van der Waals surface area contributed by atoms with E-state index in [1.54, 1.807) is 0 Å². The summed E-state index contributed by atoms with van der Waals surface area (Å²) in [5, 5.41) is 0. The average molecular weight is 124 g/mol. The van der Waals surface area contributed by atoms with E-state index in [9.17, 15) is 0 Å². The molecule has 2 heteroatoms. The van der Waals surface area contributed by atoms with Gasteiger partial charge < -0.3 is 0 Å². The highest BCUT2D eigenvalue weighted by Crippen LogP contribution is 1.82. The molecule has 0 unspecified atom stereocenters. The molecule has 0 spiro atoms. The largest absolute Gasteiger partial charge is 0.249 e. The zero-order valence-electron chi connectivity index (χ0n) is 5.91. The lowest BCUT2D eigenvalue weighted by molar-refractivity contribution is 0.909. The minimum atomic E-state index is 0.487. The van der Waals surface area contributed by atoms with E-state index in [4.69, 9.17) is 0 Å². The molecule has 0 saturated carbocycles. The van der Waals surface area contributed by atoms with E-state index in [1.807, 2.05) is 6.21 Å². The maximum absolute atomic E-state index is 3.87. The number of nitrogens with zero attached hydrogens (tertiary/aromatic N) is 2. The van der Waals surface area contributed by atoms with Crippen LogP contribution < -0.4 is 0 Å². The molecule has 0 rings (SSSR count). The van der Waals surface area contributed by atoms with Crippen LogP contribution >= 0.6 is 0 Å². The zero-order chi connectivity index (χ0) is 7.11. The topological polar surface area (TPSA) is 24.7 Å². The second-order valence-electron chi connectivity index (χ2n) is 1.99. The van der Waals surface area contributed by atoms with Crippen molar-refractivity contribution in [2.24, 2.45) is 15.9 Å². The normalized spacial score (nSPS) is 11.9. The molecule has 0 N–H and O–H groups in total. The van der Waals surface area contributed by atoms with E-state index in [2.05, 4.69) is 30.4 Å². The van der Waals surface area contributed by atoms with Crippen LogP contribution in [0.15, 0.2) is 22.8 Å². The second-order valence-corrected chi connectivity index (χ2v) is 1.99. The fraction of sp³-hybridized carbons (Fsp3) is 0.429. The highest BCUT2D eigenvalue weighted by atomic mass is 14.8. The Balaban J connectivity index is 3.46. The van der Waals surface area contributed by atoms with Gasteiger partial charge in [0.25, 0.3) is 0 Å². The molecule has 0 saturated heterocycles. The molecule has 2 nitrogen and oxygen atoms in total. The Kier molecular flexibility index (Phi) is 4.69. The molecular formula is C7H12N2. The summed E-state index contributed by atoms with van der Waals surface area (Å²) in [6, 6.07) is 0. The van der Waals surface area contributed by atoms with E-state index in [0.717, 1.165) is 0 Å². The fourth-order valence-electron chi connectivity index (χ4n) is 0.296. The fourth-order valence-corrected chi connectivity index (χ4v) is 0.296. The quantitative estimate of drug-likeness (QED) is 0.405. The predicted molar refractivity (Wildman–Crippen MR) is 42.0 cm³/mol. The summed E-state index contributed by atoms with van der Waals surface area (Å²) in [4.78, 5) is 7.56. The minimum Gasteiger partial charge on any atom is -0.249 e. The maximum atomic E-state index is 3.87. The van der Waals surface area contributed by atoms with Crippen LogP contribution in [-0.2, 0) is 0 Å². The van der Waals surface area contributed by atoms with E-state index >= 15 is 0 Å². The minimum absolute atomic E-state index is 0.487. The van der Waals surface area contributed by atoms with Gasteiger partial charge in [0.05, 0.1) is 0 Å². The Labute approximate surface area is 56.0 Å². The molecule has 0 amide bonds. The summed E-state index contributed by atoms with van der Waals surface area (Å²) < 4.78 is 0. The van der Waals surface area contributed by atoms with Crippen molar-refractivity contribution >= 4 is 12.6 Å². The van der Waals surface area contributed by atoms with Crippen LogP contribution in [-0.4, -0.2) is 12.6 Å². The lowest BCUT2D eigenvalue weighted by atomic mass is 10.3. The number of hydrogen-bond acceptors (Lipinski definition) is 1. The summed E-state index contributed by atoms with van der Waals surface area (Å²) >= 11 is 0. The summed E-state index contributed by atoms with van der Waals surface area (Å²) in [5.74, 6) is 0.487. The van der Waals surface area contributed by atoms with Crippen LogP contribution in [0.5, 0.6) is 0 Å². The lowest BCUT2D eigenvalue weighted by Gasteiger charge is -1.86. The van der Waals surface area contributed by atoms with Crippen molar-refractivity contribution in [3.8, 4) is 0 Å². The predicted octanol–water partition coefficient (Wildman–Crippen LogP) is 1.89. The van der Waals surface area contributed by atoms with Gasteiger partial charge in [-0.05, 0) is 5.92 Å². The van der Waals surface area contributed by atoms with Gasteiger partial charge in [-0.2, -0.15) is 0 Å². The Hall–Kier alpha value is -0.920. The molecule has 9 heavy (non-hydrogen) atoms. The third-order valence-corrected chi connectivity index (χ3v) is 0.623. The molecule has 0 radical (unpaired) electrons. The molecule has 50 valence electrons. The third kappa shape index (κ3) is 7.08. The van der Waals surface area contributed by atoms with Crippen LogP contribution in [0.3, 0.4) is 0 Å². The molecule has 0 aromatic heterocycles. The maximum Gasteiger partial charge on any atom is 0.114 e. The molecule has 0 aliphatic rings. The first-order valence-electron chi connectivity index (χ1n) is 2.93. The number of hydrogen-bond donors (Lipinski definition) is 0.